The molecule has 7 nitrogen and oxygen atoms in total. The monoisotopic (exact) mass is 635 g/mol. The van der Waals surface area contributed by atoms with Gasteiger partial charge < -0.3 is 10.2 Å². The van der Waals surface area contributed by atoms with Crippen molar-refractivity contribution in [2.24, 2.45) is 0 Å². The maximum absolute atomic E-state index is 15.2. The van der Waals surface area contributed by atoms with Gasteiger partial charge in [0.2, 0.25) is 11.8 Å². The lowest BCUT2D eigenvalue weighted by molar-refractivity contribution is -0.140. The normalized spacial score (nSPS) is 12.3. The Morgan fingerprint density at radius 2 is 1.43 bits per heavy atom. The van der Waals surface area contributed by atoms with Gasteiger partial charge in [-0.3, -0.25) is 13.9 Å². The first-order valence-corrected chi connectivity index (χ1v) is 15.9. The molecule has 0 heterocycles. The van der Waals surface area contributed by atoms with E-state index < -0.39 is 45.8 Å². The van der Waals surface area contributed by atoms with Gasteiger partial charge in [-0.2, -0.15) is 0 Å². The largest absolute Gasteiger partial charge is 0.350 e. The zero-order valence-corrected chi connectivity index (χ0v) is 26.4. The minimum atomic E-state index is -4.39. The first kappa shape index (κ1) is 32.7. The molecule has 230 valence electrons. The second-order valence-electron chi connectivity index (χ2n) is 11.4. The van der Waals surface area contributed by atoms with Crippen LogP contribution in [0.2, 0.25) is 5.02 Å². The molecule has 0 bridgehead atoms. The third-order valence-corrected chi connectivity index (χ3v) is 8.75. The van der Waals surface area contributed by atoms with Crippen molar-refractivity contribution >= 4 is 39.1 Å². The van der Waals surface area contributed by atoms with Crippen LogP contribution in [0, 0.1) is 5.82 Å². The maximum Gasteiger partial charge on any atom is 0.264 e. The minimum absolute atomic E-state index is 0.0506. The summed E-state index contributed by atoms with van der Waals surface area (Å²) in [5.74, 6) is -1.93. The van der Waals surface area contributed by atoms with E-state index in [1.165, 1.54) is 35.2 Å². The summed E-state index contributed by atoms with van der Waals surface area (Å²) in [5, 5.41) is 3.41. The van der Waals surface area contributed by atoms with Gasteiger partial charge >= 0.3 is 0 Å². The molecular weight excluding hydrogens is 601 g/mol. The molecule has 1 N–H and O–H groups in total. The highest BCUT2D eigenvalue weighted by atomic mass is 35.5. The Morgan fingerprint density at radius 1 is 0.841 bits per heavy atom. The number of sulfonamides is 1. The lowest BCUT2D eigenvalue weighted by Gasteiger charge is -2.35. The van der Waals surface area contributed by atoms with Crippen LogP contribution in [0.4, 0.5) is 10.1 Å². The fourth-order valence-electron chi connectivity index (χ4n) is 4.73. The fourth-order valence-corrected chi connectivity index (χ4v) is 6.38. The second kappa shape index (κ2) is 14.1. The molecule has 4 rings (SSSR count). The number of carbonyl (C=O) groups is 2. The van der Waals surface area contributed by atoms with Crippen molar-refractivity contribution in [2.45, 2.75) is 50.2 Å². The molecule has 44 heavy (non-hydrogen) atoms. The Kier molecular flexibility index (Phi) is 10.4. The zero-order valence-electron chi connectivity index (χ0n) is 24.8. The van der Waals surface area contributed by atoms with Crippen molar-refractivity contribution in [3.05, 3.63) is 131 Å². The Bertz CT molecular complexity index is 1700. The van der Waals surface area contributed by atoms with E-state index in [0.29, 0.717) is 10.6 Å². The van der Waals surface area contributed by atoms with Gasteiger partial charge in [0.15, 0.2) is 0 Å². The van der Waals surface area contributed by atoms with E-state index in [1.807, 2.05) is 51.1 Å². The highest BCUT2D eigenvalue weighted by Crippen LogP contribution is 2.27. The minimum Gasteiger partial charge on any atom is -0.350 e. The standard InChI is InChI=1S/C34H35ClFN3O4S/c1-34(2,3)37-33(41)31(22-25-13-6-4-7-14-25)38(23-26-15-12-16-27(35)21-26)32(40)24-39(30-20-11-10-19-29(30)36)44(42,43)28-17-8-5-9-18-28/h4-21,31H,22-24H2,1-3H3,(H,37,41). The van der Waals surface area contributed by atoms with E-state index in [0.717, 1.165) is 15.9 Å². The number of halogens is 2. The summed E-state index contributed by atoms with van der Waals surface area (Å²) in [4.78, 5) is 29.5. The van der Waals surface area contributed by atoms with Gasteiger partial charge in [-0.15, -0.1) is 0 Å². The number of amides is 2. The van der Waals surface area contributed by atoms with Crippen molar-refractivity contribution in [2.75, 3.05) is 10.8 Å². The van der Waals surface area contributed by atoms with E-state index in [2.05, 4.69) is 5.32 Å². The SMILES string of the molecule is CC(C)(C)NC(=O)C(Cc1ccccc1)N(Cc1cccc(Cl)c1)C(=O)CN(c1ccccc1F)S(=O)(=O)c1ccccc1. The molecule has 2 amide bonds. The van der Waals surface area contributed by atoms with Crippen molar-refractivity contribution < 1.29 is 22.4 Å². The third-order valence-electron chi connectivity index (χ3n) is 6.74. The maximum atomic E-state index is 15.2. The molecule has 0 fully saturated rings. The zero-order chi connectivity index (χ0) is 31.9. The number of nitrogens with zero attached hydrogens (tertiary/aromatic N) is 2. The van der Waals surface area contributed by atoms with E-state index in [9.17, 15) is 18.0 Å². The molecule has 4 aromatic rings. The summed E-state index contributed by atoms with van der Waals surface area (Å²) in [6.45, 7) is 4.69. The van der Waals surface area contributed by atoms with Crippen LogP contribution >= 0.6 is 11.6 Å². The first-order chi connectivity index (χ1) is 20.8. The number of hydrogen-bond donors (Lipinski definition) is 1. The van der Waals surface area contributed by atoms with Crippen LogP contribution in [0.25, 0.3) is 0 Å². The molecule has 1 atom stereocenters. The Hall–Kier alpha value is -4.21. The number of hydrogen-bond acceptors (Lipinski definition) is 4. The van der Waals surface area contributed by atoms with Gasteiger partial charge in [0.05, 0.1) is 10.6 Å². The molecule has 0 spiro atoms. The van der Waals surface area contributed by atoms with Crippen LogP contribution in [-0.4, -0.2) is 43.3 Å². The molecule has 0 radical (unpaired) electrons. The van der Waals surface area contributed by atoms with Crippen molar-refractivity contribution in [1.29, 1.82) is 0 Å². The molecule has 0 saturated carbocycles. The van der Waals surface area contributed by atoms with Gasteiger partial charge in [0.1, 0.15) is 18.4 Å². The molecule has 0 aromatic heterocycles. The summed E-state index contributed by atoms with van der Waals surface area (Å²) in [5.41, 5.74) is 0.530. The molecule has 0 aliphatic rings. The van der Waals surface area contributed by atoms with Gasteiger partial charge in [0.25, 0.3) is 10.0 Å². The quantitative estimate of drug-likeness (QED) is 0.212. The summed E-state index contributed by atoms with van der Waals surface area (Å²) >= 11 is 6.26. The van der Waals surface area contributed by atoms with Crippen LogP contribution in [-0.2, 0) is 32.6 Å². The summed E-state index contributed by atoms with van der Waals surface area (Å²) in [6, 6.07) is 27.9. The van der Waals surface area contributed by atoms with E-state index in [1.54, 1.807) is 42.5 Å². The molecule has 0 aliphatic heterocycles. The van der Waals surface area contributed by atoms with Crippen molar-refractivity contribution in [3.63, 3.8) is 0 Å². The van der Waals surface area contributed by atoms with Crippen LogP contribution in [0.5, 0.6) is 0 Å². The fraction of sp³-hybridized carbons (Fsp3) is 0.235. The smallest absolute Gasteiger partial charge is 0.264 e. The Balaban J connectivity index is 1.82. The number of carbonyl (C=O) groups excluding carboxylic acids is 2. The summed E-state index contributed by atoms with van der Waals surface area (Å²) in [7, 11) is -4.39. The topological polar surface area (TPSA) is 86.8 Å². The number of nitrogens with one attached hydrogen (secondary N) is 1. The average Bonchev–Trinajstić information content (AvgIpc) is 2.98. The van der Waals surface area contributed by atoms with Gasteiger partial charge in [-0.05, 0) is 68.3 Å². The lowest BCUT2D eigenvalue weighted by atomic mass is 10.0. The van der Waals surface area contributed by atoms with Crippen molar-refractivity contribution in [1.82, 2.24) is 10.2 Å². The predicted octanol–water partition coefficient (Wildman–Crippen LogP) is 6.23. The second-order valence-corrected chi connectivity index (χ2v) is 13.7. The summed E-state index contributed by atoms with van der Waals surface area (Å²) in [6.07, 6.45) is 0.153. The van der Waals surface area contributed by atoms with E-state index in [-0.39, 0.29) is 23.5 Å². The molecule has 1 unspecified atom stereocenters. The lowest BCUT2D eigenvalue weighted by Crippen LogP contribution is -2.56. The number of para-hydroxylation sites is 1. The van der Waals surface area contributed by atoms with Gasteiger partial charge in [-0.1, -0.05) is 84.4 Å². The van der Waals surface area contributed by atoms with Gasteiger partial charge in [-0.25, -0.2) is 12.8 Å². The Morgan fingerprint density at radius 3 is 2.05 bits per heavy atom. The van der Waals surface area contributed by atoms with Crippen LogP contribution < -0.4 is 9.62 Å². The summed E-state index contributed by atoms with van der Waals surface area (Å²) < 4.78 is 43.8. The number of rotatable bonds is 11. The first-order valence-electron chi connectivity index (χ1n) is 14.1. The van der Waals surface area contributed by atoms with Crippen molar-refractivity contribution in [3.8, 4) is 0 Å². The molecule has 0 saturated heterocycles. The van der Waals surface area contributed by atoms with Crippen LogP contribution in [0.1, 0.15) is 31.9 Å². The third kappa shape index (κ3) is 8.45. The van der Waals surface area contributed by atoms with E-state index in [4.69, 9.17) is 11.6 Å². The predicted molar refractivity (Wildman–Crippen MR) is 171 cm³/mol. The Labute approximate surface area is 263 Å². The van der Waals surface area contributed by atoms with Gasteiger partial charge in [0, 0.05) is 23.5 Å². The number of anilines is 1. The highest BCUT2D eigenvalue weighted by Gasteiger charge is 2.36. The van der Waals surface area contributed by atoms with E-state index >= 15 is 4.39 Å². The molecular formula is C34H35ClFN3O4S. The molecule has 4 aromatic carbocycles. The highest BCUT2D eigenvalue weighted by molar-refractivity contribution is 7.92. The van der Waals surface area contributed by atoms with Crippen LogP contribution in [0.3, 0.4) is 0 Å². The number of benzene rings is 4. The average molecular weight is 636 g/mol. The molecule has 0 aliphatic carbocycles. The molecule has 10 heteroatoms. The van der Waals surface area contributed by atoms with Crippen LogP contribution in [0.15, 0.2) is 114 Å².